The summed E-state index contributed by atoms with van der Waals surface area (Å²) >= 11 is 0. The van der Waals surface area contributed by atoms with Gasteiger partial charge >= 0.3 is 0 Å². The Labute approximate surface area is 80.3 Å². The molecule has 0 spiro atoms. The molecule has 2 atom stereocenters. The van der Waals surface area contributed by atoms with Crippen LogP contribution in [0.15, 0.2) is 29.3 Å². The summed E-state index contributed by atoms with van der Waals surface area (Å²) in [5.41, 5.74) is 1.31. The molecule has 1 heteroatoms. The van der Waals surface area contributed by atoms with Crippen molar-refractivity contribution in [1.82, 2.24) is 0 Å². The Morgan fingerprint density at radius 1 is 1.23 bits per heavy atom. The van der Waals surface area contributed by atoms with Crippen LogP contribution in [0.1, 0.15) is 32.6 Å². The van der Waals surface area contributed by atoms with Gasteiger partial charge in [-0.2, -0.15) is 0 Å². The van der Waals surface area contributed by atoms with Crippen molar-refractivity contribution in [1.29, 1.82) is 0 Å². The Morgan fingerprint density at radius 2 is 2.00 bits per heavy atom. The highest BCUT2D eigenvalue weighted by atomic mass is 14.8. The van der Waals surface area contributed by atoms with Crippen molar-refractivity contribution in [2.24, 2.45) is 10.9 Å². The minimum Gasteiger partial charge on any atom is -0.286 e. The van der Waals surface area contributed by atoms with Crippen LogP contribution in [-0.2, 0) is 0 Å². The van der Waals surface area contributed by atoms with Crippen LogP contribution in [0.3, 0.4) is 0 Å². The molecule has 1 aliphatic carbocycles. The highest BCUT2D eigenvalue weighted by molar-refractivity contribution is 5.84. The molecule has 70 valence electrons. The zero-order chi connectivity index (χ0) is 9.10. The van der Waals surface area contributed by atoms with Gasteiger partial charge in [-0.3, -0.25) is 4.99 Å². The molecule has 0 saturated heterocycles. The average molecular weight is 175 g/mol. The van der Waals surface area contributed by atoms with Gasteiger partial charge in [0, 0.05) is 11.6 Å². The Bertz CT molecular complexity index is 260. The molecule has 2 aliphatic rings. The molecule has 0 amide bonds. The number of hydrogen-bond donors (Lipinski definition) is 0. The van der Waals surface area contributed by atoms with Crippen molar-refractivity contribution in [2.45, 2.75) is 38.6 Å². The van der Waals surface area contributed by atoms with E-state index in [0.717, 1.165) is 6.42 Å². The number of hydrogen-bond acceptors (Lipinski definition) is 1. The van der Waals surface area contributed by atoms with Gasteiger partial charge in [-0.25, -0.2) is 0 Å². The maximum atomic E-state index is 4.63. The van der Waals surface area contributed by atoms with Gasteiger partial charge in [-0.15, -0.1) is 0 Å². The van der Waals surface area contributed by atoms with Gasteiger partial charge in [-0.1, -0.05) is 24.3 Å². The van der Waals surface area contributed by atoms with Crippen molar-refractivity contribution in [3.05, 3.63) is 24.3 Å². The van der Waals surface area contributed by atoms with Gasteiger partial charge in [0.15, 0.2) is 0 Å². The molecule has 0 aromatic rings. The van der Waals surface area contributed by atoms with Gasteiger partial charge in [0.25, 0.3) is 0 Å². The van der Waals surface area contributed by atoms with E-state index in [1.54, 1.807) is 0 Å². The first-order chi connectivity index (χ1) is 6.36. The molecular formula is C12H17N. The second-order valence-corrected chi connectivity index (χ2v) is 4.01. The van der Waals surface area contributed by atoms with Gasteiger partial charge in [-0.05, 0) is 32.6 Å². The Balaban J connectivity index is 2.14. The molecule has 0 fully saturated rings. The molecule has 1 nitrogen and oxygen atoms in total. The van der Waals surface area contributed by atoms with Crippen LogP contribution in [0.5, 0.6) is 0 Å². The first kappa shape index (κ1) is 8.74. The summed E-state index contributed by atoms with van der Waals surface area (Å²) in [5.74, 6) is 0.648. The van der Waals surface area contributed by atoms with Crippen molar-refractivity contribution >= 4 is 5.71 Å². The van der Waals surface area contributed by atoms with E-state index in [-0.39, 0.29) is 0 Å². The summed E-state index contributed by atoms with van der Waals surface area (Å²) in [7, 11) is 0. The van der Waals surface area contributed by atoms with Gasteiger partial charge < -0.3 is 0 Å². The molecular weight excluding hydrogens is 158 g/mol. The van der Waals surface area contributed by atoms with E-state index in [1.165, 1.54) is 25.0 Å². The summed E-state index contributed by atoms with van der Waals surface area (Å²) in [6, 6.07) is 0.439. The van der Waals surface area contributed by atoms with Crippen LogP contribution in [0.4, 0.5) is 0 Å². The van der Waals surface area contributed by atoms with Crippen LogP contribution < -0.4 is 0 Å². The zero-order valence-corrected chi connectivity index (χ0v) is 8.24. The van der Waals surface area contributed by atoms with E-state index in [9.17, 15) is 0 Å². The molecule has 0 aromatic carbocycles. The highest BCUT2D eigenvalue weighted by Crippen LogP contribution is 2.25. The molecule has 0 bridgehead atoms. The van der Waals surface area contributed by atoms with E-state index < -0.39 is 0 Å². The second-order valence-electron chi connectivity index (χ2n) is 4.01. The molecule has 0 saturated carbocycles. The Morgan fingerprint density at radius 3 is 2.85 bits per heavy atom. The first-order valence-electron chi connectivity index (χ1n) is 5.23. The lowest BCUT2D eigenvalue weighted by molar-refractivity contribution is 0.642. The van der Waals surface area contributed by atoms with Crippen molar-refractivity contribution in [2.75, 3.05) is 0 Å². The first-order valence-corrected chi connectivity index (χ1v) is 5.23. The van der Waals surface area contributed by atoms with Crippen LogP contribution in [0.25, 0.3) is 0 Å². The molecule has 1 aliphatic heterocycles. The lowest BCUT2D eigenvalue weighted by Crippen LogP contribution is -2.07. The number of rotatable bonds is 0. The normalized spacial score (nSPS) is 38.1. The van der Waals surface area contributed by atoms with Crippen molar-refractivity contribution in [3.63, 3.8) is 0 Å². The minimum atomic E-state index is 0.439. The average Bonchev–Trinajstić information content (AvgIpc) is 2.46. The summed E-state index contributed by atoms with van der Waals surface area (Å²) < 4.78 is 0. The molecule has 0 radical (unpaired) electrons. The van der Waals surface area contributed by atoms with E-state index in [1.807, 2.05) is 0 Å². The van der Waals surface area contributed by atoms with Gasteiger partial charge in [0.05, 0.1) is 6.04 Å². The predicted octanol–water partition coefficient (Wildman–Crippen LogP) is 3.13. The number of nitrogens with zero attached hydrogens (tertiary/aromatic N) is 1. The van der Waals surface area contributed by atoms with E-state index in [2.05, 4.69) is 36.2 Å². The predicted molar refractivity (Wildman–Crippen MR) is 57.1 cm³/mol. The maximum absolute atomic E-state index is 4.63. The quantitative estimate of drug-likeness (QED) is 0.501. The maximum Gasteiger partial charge on any atom is 0.0745 e. The SMILES string of the molecule is CC1=NC2/C=C\CCC/C=C\C2C1. The Kier molecular flexibility index (Phi) is 2.62. The second kappa shape index (κ2) is 3.91. The van der Waals surface area contributed by atoms with Gasteiger partial charge in [0.2, 0.25) is 0 Å². The number of fused-ring (bicyclic) bond motifs is 1. The highest BCUT2D eigenvalue weighted by Gasteiger charge is 2.22. The van der Waals surface area contributed by atoms with Crippen LogP contribution in [0, 0.1) is 5.92 Å². The summed E-state index contributed by atoms with van der Waals surface area (Å²) in [6.45, 7) is 2.14. The zero-order valence-electron chi connectivity index (χ0n) is 8.24. The third-order valence-electron chi connectivity index (χ3n) is 2.80. The molecule has 0 N–H and O–H groups in total. The molecule has 1 heterocycles. The molecule has 2 unspecified atom stereocenters. The van der Waals surface area contributed by atoms with Crippen molar-refractivity contribution in [3.8, 4) is 0 Å². The van der Waals surface area contributed by atoms with Crippen LogP contribution in [-0.4, -0.2) is 11.8 Å². The fraction of sp³-hybridized carbons (Fsp3) is 0.583. The monoisotopic (exact) mass is 175 g/mol. The lowest BCUT2D eigenvalue weighted by atomic mass is 9.98. The molecule has 13 heavy (non-hydrogen) atoms. The fourth-order valence-corrected chi connectivity index (χ4v) is 2.09. The Hall–Kier alpha value is -0.850. The third kappa shape index (κ3) is 2.09. The summed E-state index contributed by atoms with van der Waals surface area (Å²) in [5, 5.41) is 0. The van der Waals surface area contributed by atoms with Crippen LogP contribution >= 0.6 is 0 Å². The van der Waals surface area contributed by atoms with E-state index >= 15 is 0 Å². The largest absolute Gasteiger partial charge is 0.286 e. The van der Waals surface area contributed by atoms with E-state index in [0.29, 0.717) is 12.0 Å². The van der Waals surface area contributed by atoms with Crippen LogP contribution in [0.2, 0.25) is 0 Å². The van der Waals surface area contributed by atoms with Crippen molar-refractivity contribution < 1.29 is 0 Å². The lowest BCUT2D eigenvalue weighted by Gasteiger charge is -2.08. The summed E-state index contributed by atoms with van der Waals surface area (Å²) in [4.78, 5) is 4.63. The fourth-order valence-electron chi connectivity index (χ4n) is 2.09. The molecule has 2 rings (SSSR count). The number of allylic oxidation sites excluding steroid dienone is 2. The smallest absolute Gasteiger partial charge is 0.0745 e. The number of aliphatic imine (C=N–C) groups is 1. The third-order valence-corrected chi connectivity index (χ3v) is 2.80. The standard InChI is InChI=1S/C12H17N/c1-10-9-11-7-5-3-2-4-6-8-12(11)13-10/h5-8,11-12H,2-4,9H2,1H3/b7-5-,8-6-. The minimum absolute atomic E-state index is 0.439. The summed E-state index contributed by atoms with van der Waals surface area (Å²) in [6.07, 6.45) is 14.2. The molecule has 0 aromatic heterocycles. The topological polar surface area (TPSA) is 12.4 Å². The van der Waals surface area contributed by atoms with Gasteiger partial charge in [0.1, 0.15) is 0 Å². The van der Waals surface area contributed by atoms with E-state index in [4.69, 9.17) is 0 Å².